The Hall–Kier alpha value is -1.33. The van der Waals surface area contributed by atoms with Crippen molar-refractivity contribution in [1.82, 2.24) is 5.32 Å². The first-order valence-electron chi connectivity index (χ1n) is 5.75. The van der Waals surface area contributed by atoms with Crippen molar-refractivity contribution < 1.29 is 0 Å². The highest BCUT2D eigenvalue weighted by Crippen LogP contribution is 2.20. The van der Waals surface area contributed by atoms with Crippen molar-refractivity contribution in [3.63, 3.8) is 0 Å². The Kier molecular flexibility index (Phi) is 4.52. The predicted octanol–water partition coefficient (Wildman–Crippen LogP) is 3.11. The van der Waals surface area contributed by atoms with Gasteiger partial charge in [0.1, 0.15) is 6.04 Å². The molecule has 0 saturated heterocycles. The molecule has 0 aliphatic rings. The van der Waals surface area contributed by atoms with Crippen molar-refractivity contribution in [2.24, 2.45) is 5.92 Å². The first kappa shape index (κ1) is 12.7. The molecule has 0 fully saturated rings. The van der Waals surface area contributed by atoms with E-state index in [1.165, 1.54) is 11.1 Å². The van der Waals surface area contributed by atoms with Gasteiger partial charge in [0, 0.05) is 0 Å². The van der Waals surface area contributed by atoms with E-state index in [-0.39, 0.29) is 6.04 Å². The van der Waals surface area contributed by atoms with Gasteiger partial charge < -0.3 is 0 Å². The van der Waals surface area contributed by atoms with Gasteiger partial charge in [-0.25, -0.2) is 0 Å². The molecular formula is C14H20N2. The van der Waals surface area contributed by atoms with Crippen LogP contribution in [0.1, 0.15) is 36.6 Å². The van der Waals surface area contributed by atoms with Crippen LogP contribution in [0.4, 0.5) is 0 Å². The average molecular weight is 216 g/mol. The molecule has 1 rings (SSSR count). The van der Waals surface area contributed by atoms with E-state index in [4.69, 9.17) is 0 Å². The normalized spacial score (nSPS) is 12.5. The van der Waals surface area contributed by atoms with E-state index in [1.54, 1.807) is 0 Å². The van der Waals surface area contributed by atoms with Gasteiger partial charge in [-0.1, -0.05) is 32.0 Å². The van der Waals surface area contributed by atoms with E-state index in [2.05, 4.69) is 45.1 Å². The maximum Gasteiger partial charge on any atom is 0.121 e. The first-order chi connectivity index (χ1) is 7.56. The lowest BCUT2D eigenvalue weighted by molar-refractivity contribution is 0.524. The Morgan fingerprint density at radius 1 is 1.31 bits per heavy atom. The Balaban J connectivity index is 2.88. The number of nitriles is 1. The second-order valence-corrected chi connectivity index (χ2v) is 4.65. The fourth-order valence-electron chi connectivity index (χ4n) is 1.67. The van der Waals surface area contributed by atoms with Crippen LogP contribution in [0.5, 0.6) is 0 Å². The number of rotatable bonds is 4. The third kappa shape index (κ3) is 3.08. The molecule has 1 atom stereocenters. The highest BCUT2D eigenvalue weighted by atomic mass is 14.9. The molecule has 0 aliphatic carbocycles. The predicted molar refractivity (Wildman–Crippen MR) is 67.1 cm³/mol. The second-order valence-electron chi connectivity index (χ2n) is 4.65. The van der Waals surface area contributed by atoms with Crippen molar-refractivity contribution >= 4 is 0 Å². The third-order valence-electron chi connectivity index (χ3n) is 2.82. The SMILES string of the molecule is Cc1cccc(C(C#N)NCC(C)C)c1C. The molecule has 0 radical (unpaired) electrons. The molecule has 16 heavy (non-hydrogen) atoms. The lowest BCUT2D eigenvalue weighted by Gasteiger charge is -2.16. The van der Waals surface area contributed by atoms with Crippen LogP contribution in [0, 0.1) is 31.1 Å². The molecule has 0 heterocycles. The monoisotopic (exact) mass is 216 g/mol. The van der Waals surface area contributed by atoms with E-state index in [0.29, 0.717) is 5.92 Å². The number of nitrogens with zero attached hydrogens (tertiary/aromatic N) is 1. The minimum Gasteiger partial charge on any atom is -0.298 e. The molecule has 2 nitrogen and oxygen atoms in total. The molecule has 0 bridgehead atoms. The summed E-state index contributed by atoms with van der Waals surface area (Å²) in [6.07, 6.45) is 0. The summed E-state index contributed by atoms with van der Waals surface area (Å²) >= 11 is 0. The smallest absolute Gasteiger partial charge is 0.121 e. The molecular weight excluding hydrogens is 196 g/mol. The molecule has 1 aromatic rings. The minimum atomic E-state index is -0.192. The first-order valence-corrected chi connectivity index (χ1v) is 5.75. The highest BCUT2D eigenvalue weighted by Gasteiger charge is 2.13. The number of benzene rings is 1. The van der Waals surface area contributed by atoms with Crippen LogP contribution in [-0.2, 0) is 0 Å². The van der Waals surface area contributed by atoms with Gasteiger partial charge in [-0.2, -0.15) is 5.26 Å². The van der Waals surface area contributed by atoms with Crippen molar-refractivity contribution in [2.75, 3.05) is 6.54 Å². The van der Waals surface area contributed by atoms with E-state index < -0.39 is 0 Å². The summed E-state index contributed by atoms with van der Waals surface area (Å²) in [5, 5.41) is 12.5. The summed E-state index contributed by atoms with van der Waals surface area (Å²) in [4.78, 5) is 0. The highest BCUT2D eigenvalue weighted by molar-refractivity contribution is 5.37. The molecule has 0 aliphatic heterocycles. The molecule has 86 valence electrons. The largest absolute Gasteiger partial charge is 0.298 e. The van der Waals surface area contributed by atoms with Gasteiger partial charge in [-0.3, -0.25) is 5.32 Å². The molecule has 1 unspecified atom stereocenters. The average Bonchev–Trinajstić information content (AvgIpc) is 2.24. The zero-order valence-electron chi connectivity index (χ0n) is 10.5. The van der Waals surface area contributed by atoms with Crippen LogP contribution in [0.25, 0.3) is 0 Å². The minimum absolute atomic E-state index is 0.192. The molecule has 1 N–H and O–H groups in total. The van der Waals surface area contributed by atoms with E-state index in [0.717, 1.165) is 12.1 Å². The lowest BCUT2D eigenvalue weighted by Crippen LogP contribution is -2.25. The molecule has 0 aromatic heterocycles. The van der Waals surface area contributed by atoms with Gasteiger partial charge in [0.15, 0.2) is 0 Å². The topological polar surface area (TPSA) is 35.8 Å². The van der Waals surface area contributed by atoms with Crippen LogP contribution >= 0.6 is 0 Å². The third-order valence-corrected chi connectivity index (χ3v) is 2.82. The van der Waals surface area contributed by atoms with Crippen molar-refractivity contribution in [1.29, 1.82) is 5.26 Å². The van der Waals surface area contributed by atoms with Crippen LogP contribution in [0.3, 0.4) is 0 Å². The number of aryl methyl sites for hydroxylation is 1. The molecule has 0 saturated carbocycles. The fraction of sp³-hybridized carbons (Fsp3) is 0.500. The van der Waals surface area contributed by atoms with Gasteiger partial charge in [0.2, 0.25) is 0 Å². The quantitative estimate of drug-likeness (QED) is 0.839. The van der Waals surface area contributed by atoms with Crippen LogP contribution in [-0.4, -0.2) is 6.54 Å². The molecule has 0 spiro atoms. The Morgan fingerprint density at radius 3 is 2.56 bits per heavy atom. The van der Waals surface area contributed by atoms with E-state index in [9.17, 15) is 5.26 Å². The summed E-state index contributed by atoms with van der Waals surface area (Å²) in [6.45, 7) is 9.31. The zero-order chi connectivity index (χ0) is 12.1. The van der Waals surface area contributed by atoms with Crippen molar-refractivity contribution in [3.05, 3.63) is 34.9 Å². The van der Waals surface area contributed by atoms with Crippen molar-refractivity contribution in [2.45, 2.75) is 33.7 Å². The van der Waals surface area contributed by atoms with Gasteiger partial charge in [0.05, 0.1) is 6.07 Å². The summed E-state index contributed by atoms with van der Waals surface area (Å²) in [5.41, 5.74) is 3.55. The molecule has 0 amide bonds. The second kappa shape index (κ2) is 5.67. The summed E-state index contributed by atoms with van der Waals surface area (Å²) < 4.78 is 0. The standard InChI is InChI=1S/C14H20N2/c1-10(2)9-16-14(8-15)13-7-5-6-11(3)12(13)4/h5-7,10,14,16H,9H2,1-4H3. The van der Waals surface area contributed by atoms with Crippen LogP contribution in [0.2, 0.25) is 0 Å². The maximum absolute atomic E-state index is 9.20. The van der Waals surface area contributed by atoms with Gasteiger partial charge >= 0.3 is 0 Å². The number of hydrogen-bond donors (Lipinski definition) is 1. The zero-order valence-corrected chi connectivity index (χ0v) is 10.5. The molecule has 2 heteroatoms. The summed E-state index contributed by atoms with van der Waals surface area (Å²) in [6, 6.07) is 8.26. The van der Waals surface area contributed by atoms with Crippen molar-refractivity contribution in [3.8, 4) is 6.07 Å². The van der Waals surface area contributed by atoms with E-state index >= 15 is 0 Å². The van der Waals surface area contributed by atoms with Gasteiger partial charge in [-0.05, 0) is 43.0 Å². The van der Waals surface area contributed by atoms with E-state index in [1.807, 2.05) is 12.1 Å². The van der Waals surface area contributed by atoms with Gasteiger partial charge in [0.25, 0.3) is 0 Å². The Bertz CT molecular complexity index is 388. The lowest BCUT2D eigenvalue weighted by atomic mass is 9.98. The fourth-order valence-corrected chi connectivity index (χ4v) is 1.67. The number of nitrogens with one attached hydrogen (secondary N) is 1. The van der Waals surface area contributed by atoms with Crippen LogP contribution < -0.4 is 5.32 Å². The number of hydrogen-bond acceptors (Lipinski definition) is 2. The van der Waals surface area contributed by atoms with Crippen LogP contribution in [0.15, 0.2) is 18.2 Å². The summed E-state index contributed by atoms with van der Waals surface area (Å²) in [7, 11) is 0. The summed E-state index contributed by atoms with van der Waals surface area (Å²) in [5.74, 6) is 0.556. The molecule has 1 aromatic carbocycles. The maximum atomic E-state index is 9.20. The van der Waals surface area contributed by atoms with Gasteiger partial charge in [-0.15, -0.1) is 0 Å². The Labute approximate surface area is 98.3 Å². The Morgan fingerprint density at radius 2 is 2.00 bits per heavy atom.